The van der Waals surface area contributed by atoms with Gasteiger partial charge in [-0.3, -0.25) is 0 Å². The number of carbonyl (C=O) groups is 1. The molecule has 0 saturated carbocycles. The van der Waals surface area contributed by atoms with Crippen LogP contribution in [0.25, 0.3) is 0 Å². The summed E-state index contributed by atoms with van der Waals surface area (Å²) in [5.74, 6) is -0.146. The van der Waals surface area contributed by atoms with Crippen molar-refractivity contribution in [3.63, 3.8) is 0 Å². The highest BCUT2D eigenvalue weighted by Crippen LogP contribution is 2.15. The Bertz CT molecular complexity index is 274. The first-order chi connectivity index (χ1) is 6.79. The van der Waals surface area contributed by atoms with E-state index in [-0.39, 0.29) is 6.61 Å². The second-order valence-corrected chi connectivity index (χ2v) is 3.78. The maximum Gasteiger partial charge on any atom is 0.329 e. The van der Waals surface area contributed by atoms with E-state index in [2.05, 4.69) is 0 Å². The Morgan fingerprint density at radius 1 is 1.36 bits per heavy atom. The first kappa shape index (κ1) is 11.1. The molecule has 0 aliphatic rings. The second-order valence-electron chi connectivity index (χ2n) is 2.61. The van der Waals surface area contributed by atoms with E-state index in [9.17, 15) is 4.79 Å². The molecule has 3 nitrogen and oxygen atoms in total. The Balaban J connectivity index is 2.08. The minimum atomic E-state index is -0.922. The molecule has 0 fully saturated rings. The number of ether oxygens (including phenoxy) is 1. The van der Waals surface area contributed by atoms with Gasteiger partial charge in [0, 0.05) is 10.6 Å². The fraction of sp³-hybridized carbons (Fsp3) is 0.300. The van der Waals surface area contributed by atoms with Gasteiger partial charge in [-0.2, -0.15) is 0 Å². The molecule has 0 radical (unpaired) electrons. The van der Waals surface area contributed by atoms with Crippen molar-refractivity contribution in [2.75, 3.05) is 19.0 Å². The van der Waals surface area contributed by atoms with Crippen molar-refractivity contribution >= 4 is 17.7 Å². The smallest absolute Gasteiger partial charge is 0.329 e. The topological polar surface area (TPSA) is 46.5 Å². The molecule has 0 heterocycles. The van der Waals surface area contributed by atoms with Crippen LogP contribution in [0, 0.1) is 0 Å². The maximum atomic E-state index is 10.1. The van der Waals surface area contributed by atoms with Gasteiger partial charge in [-0.15, -0.1) is 11.8 Å². The highest BCUT2D eigenvalue weighted by molar-refractivity contribution is 7.99. The van der Waals surface area contributed by atoms with Crippen molar-refractivity contribution in [3.05, 3.63) is 30.3 Å². The lowest BCUT2D eigenvalue weighted by Crippen LogP contribution is -2.08. The van der Waals surface area contributed by atoms with E-state index in [4.69, 9.17) is 9.84 Å². The monoisotopic (exact) mass is 212 g/mol. The van der Waals surface area contributed by atoms with E-state index in [1.165, 1.54) is 4.90 Å². The van der Waals surface area contributed by atoms with Gasteiger partial charge in [0.1, 0.15) is 6.61 Å². The van der Waals surface area contributed by atoms with Crippen molar-refractivity contribution in [2.45, 2.75) is 4.90 Å². The zero-order chi connectivity index (χ0) is 10.2. The van der Waals surface area contributed by atoms with Crippen LogP contribution in [0.15, 0.2) is 35.2 Å². The van der Waals surface area contributed by atoms with Crippen molar-refractivity contribution in [1.82, 2.24) is 0 Å². The molecule has 14 heavy (non-hydrogen) atoms. The molecular formula is C10H12O3S. The van der Waals surface area contributed by atoms with Crippen LogP contribution in [-0.4, -0.2) is 30.0 Å². The van der Waals surface area contributed by atoms with Crippen LogP contribution in [0.1, 0.15) is 0 Å². The number of aliphatic carboxylic acids is 1. The van der Waals surface area contributed by atoms with Gasteiger partial charge < -0.3 is 9.84 Å². The molecule has 76 valence electrons. The van der Waals surface area contributed by atoms with E-state index < -0.39 is 5.97 Å². The minimum Gasteiger partial charge on any atom is -0.480 e. The summed E-state index contributed by atoms with van der Waals surface area (Å²) < 4.78 is 4.90. The van der Waals surface area contributed by atoms with Crippen LogP contribution in [-0.2, 0) is 9.53 Å². The molecular weight excluding hydrogens is 200 g/mol. The zero-order valence-corrected chi connectivity index (χ0v) is 8.50. The van der Waals surface area contributed by atoms with Crippen LogP contribution in [0.5, 0.6) is 0 Å². The molecule has 0 spiro atoms. The van der Waals surface area contributed by atoms with Gasteiger partial charge in [0.15, 0.2) is 0 Å². The van der Waals surface area contributed by atoms with Crippen molar-refractivity contribution in [1.29, 1.82) is 0 Å². The third kappa shape index (κ3) is 4.89. The molecule has 4 heteroatoms. The van der Waals surface area contributed by atoms with Gasteiger partial charge >= 0.3 is 5.97 Å². The Kier molecular flexibility index (Phi) is 5.11. The zero-order valence-electron chi connectivity index (χ0n) is 7.68. The van der Waals surface area contributed by atoms with E-state index in [0.29, 0.717) is 6.61 Å². The normalized spacial score (nSPS) is 10.0. The number of carboxylic acid groups (broad SMARTS) is 1. The summed E-state index contributed by atoms with van der Waals surface area (Å²) in [6, 6.07) is 9.94. The Morgan fingerprint density at radius 2 is 2.07 bits per heavy atom. The molecule has 0 bridgehead atoms. The number of benzene rings is 1. The summed E-state index contributed by atoms with van der Waals surface area (Å²) in [5.41, 5.74) is 0. The molecule has 0 aliphatic heterocycles. The quantitative estimate of drug-likeness (QED) is 0.577. The molecule has 0 saturated heterocycles. The molecule has 0 aliphatic carbocycles. The molecule has 1 aromatic rings. The lowest BCUT2D eigenvalue weighted by Gasteiger charge is -2.01. The lowest BCUT2D eigenvalue weighted by molar-refractivity contribution is -0.141. The highest BCUT2D eigenvalue weighted by Gasteiger charge is 1.96. The van der Waals surface area contributed by atoms with Gasteiger partial charge in [-0.25, -0.2) is 4.79 Å². The summed E-state index contributed by atoms with van der Waals surface area (Å²) in [4.78, 5) is 11.3. The van der Waals surface area contributed by atoms with Crippen molar-refractivity contribution in [2.24, 2.45) is 0 Å². The van der Waals surface area contributed by atoms with E-state index in [1.54, 1.807) is 11.8 Å². The number of carboxylic acids is 1. The molecule has 0 amide bonds. The van der Waals surface area contributed by atoms with Crippen molar-refractivity contribution < 1.29 is 14.6 Å². The molecule has 1 aromatic carbocycles. The number of hydrogen-bond donors (Lipinski definition) is 1. The van der Waals surface area contributed by atoms with Crippen LogP contribution in [0.3, 0.4) is 0 Å². The molecule has 1 N–H and O–H groups in total. The lowest BCUT2D eigenvalue weighted by atomic mass is 10.4. The van der Waals surface area contributed by atoms with Crippen LogP contribution >= 0.6 is 11.8 Å². The number of rotatable bonds is 6. The molecule has 0 atom stereocenters. The fourth-order valence-corrected chi connectivity index (χ4v) is 1.68. The third-order valence-electron chi connectivity index (χ3n) is 1.47. The van der Waals surface area contributed by atoms with Gasteiger partial charge in [0.2, 0.25) is 0 Å². The minimum absolute atomic E-state index is 0.213. The van der Waals surface area contributed by atoms with Crippen LogP contribution in [0.2, 0.25) is 0 Å². The average molecular weight is 212 g/mol. The largest absolute Gasteiger partial charge is 0.480 e. The SMILES string of the molecule is O=C(O)COCCSc1ccccc1. The molecule has 0 aromatic heterocycles. The molecule has 0 unspecified atom stereocenters. The number of hydrogen-bond acceptors (Lipinski definition) is 3. The van der Waals surface area contributed by atoms with Crippen molar-refractivity contribution in [3.8, 4) is 0 Å². The average Bonchev–Trinajstić information content (AvgIpc) is 2.18. The first-order valence-corrected chi connectivity index (χ1v) is 5.25. The first-order valence-electron chi connectivity index (χ1n) is 4.26. The summed E-state index contributed by atoms with van der Waals surface area (Å²) in [6.45, 7) is 0.251. The standard InChI is InChI=1S/C10H12O3S/c11-10(12)8-13-6-7-14-9-4-2-1-3-5-9/h1-5H,6-8H2,(H,11,12). The Labute approximate surface area is 87.1 Å². The summed E-state index contributed by atoms with van der Waals surface area (Å²) in [6.07, 6.45) is 0. The van der Waals surface area contributed by atoms with Crippen LogP contribution < -0.4 is 0 Å². The predicted octanol–water partition coefficient (Wildman–Crippen LogP) is 1.88. The predicted molar refractivity (Wildman–Crippen MR) is 55.6 cm³/mol. The maximum absolute atomic E-state index is 10.1. The summed E-state index contributed by atoms with van der Waals surface area (Å²) in [7, 11) is 0. The summed E-state index contributed by atoms with van der Waals surface area (Å²) >= 11 is 1.65. The van der Waals surface area contributed by atoms with Gasteiger partial charge in [0.25, 0.3) is 0 Å². The summed E-state index contributed by atoms with van der Waals surface area (Å²) in [5, 5.41) is 8.30. The second kappa shape index (κ2) is 6.45. The van der Waals surface area contributed by atoms with E-state index in [0.717, 1.165) is 5.75 Å². The Morgan fingerprint density at radius 3 is 2.71 bits per heavy atom. The van der Waals surface area contributed by atoms with Gasteiger partial charge in [0.05, 0.1) is 6.61 Å². The van der Waals surface area contributed by atoms with E-state index >= 15 is 0 Å². The van der Waals surface area contributed by atoms with Crippen LogP contribution in [0.4, 0.5) is 0 Å². The molecule has 1 rings (SSSR count). The Hall–Kier alpha value is -1.00. The van der Waals surface area contributed by atoms with E-state index in [1.807, 2.05) is 30.3 Å². The number of thioether (sulfide) groups is 1. The third-order valence-corrected chi connectivity index (χ3v) is 2.44. The fourth-order valence-electron chi connectivity index (χ4n) is 0.895. The van der Waals surface area contributed by atoms with Gasteiger partial charge in [-0.05, 0) is 12.1 Å². The highest BCUT2D eigenvalue weighted by atomic mass is 32.2. The van der Waals surface area contributed by atoms with Gasteiger partial charge in [-0.1, -0.05) is 18.2 Å².